The van der Waals surface area contributed by atoms with E-state index in [-0.39, 0.29) is 21.4 Å². The number of nitrogens with one attached hydrogen (secondary N) is 1. The molecule has 0 saturated heterocycles. The van der Waals surface area contributed by atoms with E-state index < -0.39 is 27.2 Å². The maximum Gasteiger partial charge on any atom is 0.279 e. The van der Waals surface area contributed by atoms with Gasteiger partial charge in [-0.05, 0) is 37.3 Å². The fraction of sp³-hybridized carbons (Fsp3) is 0.118. The molecular weight excluding hydrogens is 394 g/mol. The van der Waals surface area contributed by atoms with Crippen LogP contribution in [0.4, 0.5) is 11.4 Å². The molecule has 8 nitrogen and oxygen atoms in total. The van der Waals surface area contributed by atoms with E-state index in [2.05, 4.69) is 15.5 Å². The number of allylic oxidation sites excluding steroid dienone is 1. The topological polar surface area (TPSA) is 128 Å². The molecule has 3 N–H and O–H groups in total. The van der Waals surface area contributed by atoms with Gasteiger partial charge in [-0.25, -0.2) is 8.42 Å². The summed E-state index contributed by atoms with van der Waals surface area (Å²) in [4.78, 5) is 12.3. The van der Waals surface area contributed by atoms with E-state index >= 15 is 0 Å². The number of rotatable bonds is 5. The highest BCUT2D eigenvalue weighted by molar-refractivity contribution is 7.90. The molecule has 0 aliphatic carbocycles. The zero-order valence-electron chi connectivity index (χ0n) is 14.3. The van der Waals surface area contributed by atoms with E-state index in [1.807, 2.05) is 0 Å². The second kappa shape index (κ2) is 8.19. The third-order valence-corrected chi connectivity index (χ3v) is 4.75. The maximum atomic E-state index is 12.3. The van der Waals surface area contributed by atoms with Crippen molar-refractivity contribution in [3.05, 3.63) is 58.9 Å². The van der Waals surface area contributed by atoms with Gasteiger partial charge in [-0.2, -0.15) is 0 Å². The minimum atomic E-state index is -3.53. The van der Waals surface area contributed by atoms with Gasteiger partial charge in [0.1, 0.15) is 17.2 Å². The number of anilines is 1. The Labute approximate surface area is 160 Å². The minimum Gasteiger partial charge on any atom is -0.510 e. The molecule has 0 fully saturated rings. The van der Waals surface area contributed by atoms with E-state index in [0.717, 1.165) is 18.4 Å². The molecule has 0 spiro atoms. The molecule has 0 heterocycles. The number of hydrogen-bond acceptors (Lipinski definition) is 7. The highest BCUT2D eigenvalue weighted by Gasteiger charge is 2.16. The predicted octanol–water partition coefficient (Wildman–Crippen LogP) is 3.96. The number of para-hydroxylation sites is 1. The third kappa shape index (κ3) is 5.28. The van der Waals surface area contributed by atoms with Gasteiger partial charge < -0.3 is 15.5 Å². The number of azo groups is 1. The first kappa shape index (κ1) is 20.4. The van der Waals surface area contributed by atoms with E-state index in [9.17, 15) is 23.4 Å². The Bertz CT molecular complexity index is 1040. The summed E-state index contributed by atoms with van der Waals surface area (Å²) in [5.41, 5.74) is -0.304. The number of amides is 1. The van der Waals surface area contributed by atoms with Crippen molar-refractivity contribution in [3.63, 3.8) is 0 Å². The van der Waals surface area contributed by atoms with Gasteiger partial charge in [0.25, 0.3) is 5.91 Å². The molecule has 2 aromatic carbocycles. The summed E-state index contributed by atoms with van der Waals surface area (Å²) < 4.78 is 23.2. The third-order valence-electron chi connectivity index (χ3n) is 3.31. The van der Waals surface area contributed by atoms with Gasteiger partial charge in [0.05, 0.1) is 15.6 Å². The lowest BCUT2D eigenvalue weighted by Crippen LogP contribution is -2.14. The number of nitrogens with zero attached hydrogens (tertiary/aromatic N) is 2. The summed E-state index contributed by atoms with van der Waals surface area (Å²) in [6.45, 7) is 1.23. The van der Waals surface area contributed by atoms with E-state index in [0.29, 0.717) is 5.69 Å². The zero-order valence-corrected chi connectivity index (χ0v) is 15.9. The number of aliphatic hydroxyl groups is 1. The van der Waals surface area contributed by atoms with Crippen molar-refractivity contribution in [2.24, 2.45) is 10.2 Å². The molecule has 0 radical (unpaired) electrons. The fourth-order valence-corrected chi connectivity index (χ4v) is 2.77. The first-order valence-corrected chi connectivity index (χ1v) is 9.77. The van der Waals surface area contributed by atoms with Crippen molar-refractivity contribution in [3.8, 4) is 5.75 Å². The van der Waals surface area contributed by atoms with Crippen molar-refractivity contribution >= 4 is 38.7 Å². The number of benzene rings is 2. The van der Waals surface area contributed by atoms with Crippen LogP contribution in [0, 0.1) is 0 Å². The average molecular weight is 410 g/mol. The van der Waals surface area contributed by atoms with Gasteiger partial charge in [0.15, 0.2) is 15.5 Å². The van der Waals surface area contributed by atoms with E-state index in [1.165, 1.54) is 13.0 Å². The molecule has 0 bridgehead atoms. The summed E-state index contributed by atoms with van der Waals surface area (Å²) >= 11 is 5.97. The highest BCUT2D eigenvalue weighted by atomic mass is 35.5. The average Bonchev–Trinajstić information content (AvgIpc) is 2.57. The lowest BCUT2D eigenvalue weighted by molar-refractivity contribution is -0.113. The minimum absolute atomic E-state index is 0.0824. The van der Waals surface area contributed by atoms with Crippen LogP contribution in [0.25, 0.3) is 0 Å². The van der Waals surface area contributed by atoms with Crippen molar-refractivity contribution in [2.45, 2.75) is 11.8 Å². The van der Waals surface area contributed by atoms with Crippen LogP contribution in [0.2, 0.25) is 5.02 Å². The van der Waals surface area contributed by atoms with Crippen LogP contribution in [-0.2, 0) is 14.6 Å². The summed E-state index contributed by atoms with van der Waals surface area (Å²) in [7, 11) is -3.53. The zero-order chi connectivity index (χ0) is 20.2. The van der Waals surface area contributed by atoms with Crippen LogP contribution in [0.5, 0.6) is 5.75 Å². The molecule has 2 aromatic rings. The molecule has 27 heavy (non-hydrogen) atoms. The van der Waals surface area contributed by atoms with Crippen molar-refractivity contribution in [1.82, 2.24) is 0 Å². The molecule has 142 valence electrons. The molecule has 1 amide bonds. The number of phenols is 1. The van der Waals surface area contributed by atoms with Crippen LogP contribution >= 0.6 is 11.6 Å². The van der Waals surface area contributed by atoms with Crippen molar-refractivity contribution < 1.29 is 23.4 Å². The Morgan fingerprint density at radius 1 is 1.19 bits per heavy atom. The monoisotopic (exact) mass is 409 g/mol. The number of carbonyl (C=O) groups excluding carboxylic acids is 1. The summed E-state index contributed by atoms with van der Waals surface area (Å²) in [6.07, 6.45) is 1.00. The van der Waals surface area contributed by atoms with Gasteiger partial charge in [0.2, 0.25) is 0 Å². The lowest BCUT2D eigenvalue weighted by atomic mass is 10.3. The van der Waals surface area contributed by atoms with Gasteiger partial charge >= 0.3 is 0 Å². The van der Waals surface area contributed by atoms with Crippen LogP contribution in [0.1, 0.15) is 6.92 Å². The SMILES string of the molecule is CC(O)=C(N=Nc1cc(S(C)(=O)=O)ccc1O)C(=O)Nc1ccccc1Cl. The normalized spacial score (nSPS) is 12.7. The molecule has 0 saturated carbocycles. The molecule has 10 heteroatoms. The quantitative estimate of drug-likeness (QED) is 0.391. The standard InChI is InChI=1S/C17H16ClN3O5S/c1-10(22)16(17(24)19-13-6-4-3-5-12(13)18)21-20-14-9-11(27(2,25)26)7-8-15(14)23/h3-9,22-23H,1-2H3,(H,19,24). The number of aliphatic hydroxyl groups excluding tert-OH is 1. The lowest BCUT2D eigenvalue weighted by Gasteiger charge is -2.07. The molecule has 2 rings (SSSR count). The number of carbonyl (C=O) groups is 1. The summed E-state index contributed by atoms with van der Waals surface area (Å²) in [6, 6.07) is 9.93. The molecular formula is C17H16ClN3O5S. The Morgan fingerprint density at radius 2 is 1.85 bits per heavy atom. The number of sulfone groups is 1. The van der Waals surface area contributed by atoms with Crippen LogP contribution < -0.4 is 5.32 Å². The van der Waals surface area contributed by atoms with Gasteiger partial charge in [-0.1, -0.05) is 23.7 Å². The fourth-order valence-electron chi connectivity index (χ4n) is 1.94. The van der Waals surface area contributed by atoms with Gasteiger partial charge in [0, 0.05) is 6.26 Å². The molecule has 0 atom stereocenters. The largest absolute Gasteiger partial charge is 0.510 e. The number of hydrogen-bond donors (Lipinski definition) is 3. The van der Waals surface area contributed by atoms with Crippen LogP contribution in [-0.4, -0.2) is 30.8 Å². The first-order valence-electron chi connectivity index (χ1n) is 7.50. The Morgan fingerprint density at radius 3 is 2.44 bits per heavy atom. The number of aromatic hydroxyl groups is 1. The molecule has 0 aromatic heterocycles. The van der Waals surface area contributed by atoms with Gasteiger partial charge in [-0.3, -0.25) is 4.79 Å². The van der Waals surface area contributed by atoms with Crippen LogP contribution in [0.3, 0.4) is 0 Å². The van der Waals surface area contributed by atoms with E-state index in [1.54, 1.807) is 24.3 Å². The molecule has 0 aliphatic heterocycles. The maximum absolute atomic E-state index is 12.3. The Hall–Kier alpha value is -2.91. The van der Waals surface area contributed by atoms with Gasteiger partial charge in [-0.15, -0.1) is 10.2 Å². The second-order valence-corrected chi connectivity index (χ2v) is 7.91. The van der Waals surface area contributed by atoms with E-state index in [4.69, 9.17) is 11.6 Å². The van der Waals surface area contributed by atoms with Crippen LogP contribution in [0.15, 0.2) is 69.0 Å². The van der Waals surface area contributed by atoms with Crippen molar-refractivity contribution in [1.29, 1.82) is 0 Å². The first-order chi connectivity index (χ1) is 12.6. The Balaban J connectivity index is 2.33. The number of halogens is 1. The van der Waals surface area contributed by atoms with Crippen molar-refractivity contribution in [2.75, 3.05) is 11.6 Å². The molecule has 0 aliphatic rings. The number of phenolic OH excluding ortho intramolecular Hbond substituents is 1. The summed E-state index contributed by atoms with van der Waals surface area (Å²) in [5.74, 6) is -1.56. The second-order valence-electron chi connectivity index (χ2n) is 5.49. The summed E-state index contributed by atoms with van der Waals surface area (Å²) in [5, 5.41) is 29.7. The molecule has 0 unspecified atom stereocenters. The predicted molar refractivity (Wildman–Crippen MR) is 101 cm³/mol. The highest BCUT2D eigenvalue weighted by Crippen LogP contribution is 2.30. The smallest absolute Gasteiger partial charge is 0.279 e. The Kier molecular flexibility index (Phi) is 6.19.